The van der Waals surface area contributed by atoms with E-state index >= 15 is 0 Å². The van der Waals surface area contributed by atoms with Crippen LogP contribution in [0.3, 0.4) is 0 Å². The molecule has 0 aromatic heterocycles. The number of terminal acetylenes is 1. The SMILES string of the molecule is C#Cc1ccc(OCc2ccccc2)c(-c2cccc(OC(F)(F)F)c2)c1. The largest absolute Gasteiger partial charge is 0.573 e. The normalized spacial score (nSPS) is 10.9. The summed E-state index contributed by atoms with van der Waals surface area (Å²) in [5.74, 6) is 2.73. The Hall–Kier alpha value is -3.39. The molecule has 0 saturated heterocycles. The van der Waals surface area contributed by atoms with Crippen LogP contribution in [0, 0.1) is 12.3 Å². The Kier molecular flexibility index (Phi) is 5.37. The Morgan fingerprint density at radius 3 is 2.37 bits per heavy atom. The van der Waals surface area contributed by atoms with Crippen molar-refractivity contribution in [2.45, 2.75) is 13.0 Å². The second kappa shape index (κ2) is 7.88. The van der Waals surface area contributed by atoms with Crippen molar-refractivity contribution in [2.24, 2.45) is 0 Å². The summed E-state index contributed by atoms with van der Waals surface area (Å²) in [6.45, 7) is 0.321. The van der Waals surface area contributed by atoms with Gasteiger partial charge >= 0.3 is 6.36 Å². The Morgan fingerprint density at radius 1 is 0.889 bits per heavy atom. The van der Waals surface area contributed by atoms with Crippen molar-refractivity contribution in [1.82, 2.24) is 0 Å². The molecule has 27 heavy (non-hydrogen) atoms. The van der Waals surface area contributed by atoms with Gasteiger partial charge in [-0.15, -0.1) is 19.6 Å². The highest BCUT2D eigenvalue weighted by Gasteiger charge is 2.31. The van der Waals surface area contributed by atoms with Gasteiger partial charge in [0.15, 0.2) is 0 Å². The minimum atomic E-state index is -4.76. The lowest BCUT2D eigenvalue weighted by molar-refractivity contribution is -0.274. The maximum atomic E-state index is 12.5. The number of ether oxygens (including phenoxy) is 2. The molecule has 2 nitrogen and oxygen atoms in total. The first-order valence-electron chi connectivity index (χ1n) is 8.08. The standard InChI is InChI=1S/C22H15F3O2/c1-2-16-11-12-21(26-15-17-7-4-3-5-8-17)20(13-16)18-9-6-10-19(14-18)27-22(23,24)25/h1,3-14H,15H2. The van der Waals surface area contributed by atoms with E-state index in [2.05, 4.69) is 10.7 Å². The third-order valence-corrected chi connectivity index (χ3v) is 3.76. The lowest BCUT2D eigenvalue weighted by atomic mass is 10.0. The smallest absolute Gasteiger partial charge is 0.488 e. The summed E-state index contributed by atoms with van der Waals surface area (Å²) in [7, 11) is 0. The van der Waals surface area contributed by atoms with Gasteiger partial charge < -0.3 is 9.47 Å². The second-order valence-corrected chi connectivity index (χ2v) is 5.71. The molecular formula is C22H15F3O2. The monoisotopic (exact) mass is 368 g/mol. The van der Waals surface area contributed by atoms with E-state index in [1.165, 1.54) is 18.2 Å². The van der Waals surface area contributed by atoms with Gasteiger partial charge in [-0.2, -0.15) is 0 Å². The molecule has 5 heteroatoms. The van der Waals surface area contributed by atoms with E-state index in [0.717, 1.165) is 5.56 Å². The summed E-state index contributed by atoms with van der Waals surface area (Å²) in [4.78, 5) is 0. The first kappa shape index (κ1) is 18.4. The molecule has 0 unspecified atom stereocenters. The van der Waals surface area contributed by atoms with Gasteiger partial charge in [0.25, 0.3) is 0 Å². The summed E-state index contributed by atoms with van der Waals surface area (Å²) < 4.78 is 47.4. The Bertz CT molecular complexity index is 957. The van der Waals surface area contributed by atoms with Gasteiger partial charge in [0.05, 0.1) is 0 Å². The fraction of sp³-hybridized carbons (Fsp3) is 0.0909. The first-order chi connectivity index (χ1) is 12.9. The lowest BCUT2D eigenvalue weighted by Gasteiger charge is -2.14. The fourth-order valence-corrected chi connectivity index (χ4v) is 2.57. The zero-order chi connectivity index (χ0) is 19.3. The average molecular weight is 368 g/mol. The molecule has 0 saturated carbocycles. The highest BCUT2D eigenvalue weighted by molar-refractivity contribution is 5.73. The molecule has 0 radical (unpaired) electrons. The van der Waals surface area contributed by atoms with Crippen LogP contribution in [0.2, 0.25) is 0 Å². The van der Waals surface area contributed by atoms with E-state index in [-0.39, 0.29) is 5.75 Å². The molecule has 0 aliphatic carbocycles. The van der Waals surface area contributed by atoms with E-state index in [1.54, 1.807) is 24.3 Å². The van der Waals surface area contributed by atoms with Crippen LogP contribution in [0.5, 0.6) is 11.5 Å². The third-order valence-electron chi connectivity index (χ3n) is 3.76. The lowest BCUT2D eigenvalue weighted by Crippen LogP contribution is -2.17. The molecule has 0 atom stereocenters. The van der Waals surface area contributed by atoms with Crippen molar-refractivity contribution in [1.29, 1.82) is 0 Å². The van der Waals surface area contributed by atoms with E-state index < -0.39 is 6.36 Å². The van der Waals surface area contributed by atoms with Gasteiger partial charge in [-0.25, -0.2) is 0 Å². The summed E-state index contributed by atoms with van der Waals surface area (Å²) in [5.41, 5.74) is 2.67. The molecule has 3 aromatic carbocycles. The van der Waals surface area contributed by atoms with Crippen molar-refractivity contribution in [3.63, 3.8) is 0 Å². The number of hydrogen-bond acceptors (Lipinski definition) is 2. The van der Waals surface area contributed by atoms with Gasteiger partial charge in [-0.1, -0.05) is 48.4 Å². The zero-order valence-electron chi connectivity index (χ0n) is 14.2. The third kappa shape index (κ3) is 5.05. The van der Waals surface area contributed by atoms with Gasteiger partial charge in [0, 0.05) is 11.1 Å². The second-order valence-electron chi connectivity index (χ2n) is 5.71. The fourth-order valence-electron chi connectivity index (χ4n) is 2.57. The summed E-state index contributed by atoms with van der Waals surface area (Å²) in [5, 5.41) is 0. The van der Waals surface area contributed by atoms with Crippen molar-refractivity contribution in [2.75, 3.05) is 0 Å². The van der Waals surface area contributed by atoms with Gasteiger partial charge in [-0.3, -0.25) is 0 Å². The van der Waals surface area contributed by atoms with Gasteiger partial charge in [0.2, 0.25) is 0 Å². The van der Waals surface area contributed by atoms with Gasteiger partial charge in [0.1, 0.15) is 18.1 Å². The maximum Gasteiger partial charge on any atom is 0.573 e. The number of rotatable bonds is 5. The molecule has 136 valence electrons. The molecular weight excluding hydrogens is 353 g/mol. The quantitative estimate of drug-likeness (QED) is 0.529. The van der Waals surface area contributed by atoms with Crippen LogP contribution < -0.4 is 9.47 Å². The molecule has 3 aromatic rings. The summed E-state index contributed by atoms with van der Waals surface area (Å²) in [6.07, 6.45) is 0.703. The summed E-state index contributed by atoms with van der Waals surface area (Å²) >= 11 is 0. The molecule has 3 rings (SSSR count). The average Bonchev–Trinajstić information content (AvgIpc) is 2.66. The van der Waals surface area contributed by atoms with E-state index in [0.29, 0.717) is 29.0 Å². The number of hydrogen-bond donors (Lipinski definition) is 0. The van der Waals surface area contributed by atoms with Crippen LogP contribution in [0.15, 0.2) is 72.8 Å². The Labute approximate surface area is 155 Å². The van der Waals surface area contributed by atoms with Crippen molar-refractivity contribution in [3.05, 3.63) is 83.9 Å². The molecule has 0 spiro atoms. The van der Waals surface area contributed by atoms with Crippen molar-refractivity contribution >= 4 is 0 Å². The molecule has 0 bridgehead atoms. The molecule has 0 amide bonds. The predicted molar refractivity (Wildman–Crippen MR) is 97.3 cm³/mol. The van der Waals surface area contributed by atoms with Crippen molar-refractivity contribution < 1.29 is 22.6 Å². The van der Waals surface area contributed by atoms with Crippen LogP contribution in [-0.2, 0) is 6.61 Å². The number of benzene rings is 3. The first-order valence-corrected chi connectivity index (χ1v) is 8.08. The Balaban J connectivity index is 1.93. The predicted octanol–water partition coefficient (Wildman–Crippen LogP) is 5.81. The zero-order valence-corrected chi connectivity index (χ0v) is 14.2. The topological polar surface area (TPSA) is 18.5 Å². The molecule has 0 fully saturated rings. The van der Waals surface area contributed by atoms with Crippen molar-refractivity contribution in [3.8, 4) is 35.0 Å². The van der Waals surface area contributed by atoms with Crippen LogP contribution in [0.4, 0.5) is 13.2 Å². The van der Waals surface area contributed by atoms with Crippen LogP contribution in [-0.4, -0.2) is 6.36 Å². The van der Waals surface area contributed by atoms with E-state index in [1.807, 2.05) is 30.3 Å². The highest BCUT2D eigenvalue weighted by atomic mass is 19.4. The summed E-state index contributed by atoms with van der Waals surface area (Å²) in [6, 6.07) is 20.4. The van der Waals surface area contributed by atoms with E-state index in [4.69, 9.17) is 11.2 Å². The number of alkyl halides is 3. The minimum absolute atomic E-state index is 0.305. The molecule has 0 heterocycles. The highest BCUT2D eigenvalue weighted by Crippen LogP contribution is 2.34. The van der Waals surface area contributed by atoms with Crippen LogP contribution >= 0.6 is 0 Å². The van der Waals surface area contributed by atoms with E-state index in [9.17, 15) is 13.2 Å². The number of halogens is 3. The van der Waals surface area contributed by atoms with Crippen LogP contribution in [0.1, 0.15) is 11.1 Å². The minimum Gasteiger partial charge on any atom is -0.488 e. The van der Waals surface area contributed by atoms with Gasteiger partial charge in [-0.05, 0) is 41.5 Å². The Morgan fingerprint density at radius 2 is 1.67 bits per heavy atom. The molecule has 0 N–H and O–H groups in total. The molecule has 0 aliphatic heterocycles. The van der Waals surface area contributed by atoms with Crippen LogP contribution in [0.25, 0.3) is 11.1 Å². The molecule has 0 aliphatic rings. The maximum absolute atomic E-state index is 12.5.